The standard InChI is InChI=1S/C64H38N6S/c1-7-21-52-42(14-1)43-15-2-8-22-53(43)68(52)41-36-51-63(67-37-41)62-49(20-13-32-66-62)64(51)48-19-6-12-26-60(48)71-61-30-28-40(35-50(61)64)39-27-29-57-47(34-39)46-18-5-11-25-56(46)70(57)59-38-65-33-31-58(59)69-54-23-9-3-16-44(54)45-17-4-10-24-55(45)69/h1-38H. The molecule has 1 aliphatic carbocycles. The molecule has 0 amide bonds. The average Bonchev–Trinajstić information content (AvgIpc) is 4.15. The maximum atomic E-state index is 5.39. The molecule has 6 nitrogen and oxygen atoms in total. The molecule has 1 spiro atoms. The monoisotopic (exact) mass is 922 g/mol. The highest BCUT2D eigenvalue weighted by Crippen LogP contribution is 2.62. The molecular weight excluding hydrogens is 885 g/mol. The van der Waals surface area contributed by atoms with Crippen LogP contribution in [-0.2, 0) is 5.41 Å². The van der Waals surface area contributed by atoms with Gasteiger partial charge in [0.25, 0.3) is 0 Å². The van der Waals surface area contributed by atoms with Crippen molar-refractivity contribution in [2.45, 2.75) is 15.2 Å². The number of benzene rings is 8. The number of fused-ring (bicyclic) bond motifs is 18. The van der Waals surface area contributed by atoms with E-state index in [4.69, 9.17) is 15.0 Å². The fraction of sp³-hybridized carbons (Fsp3) is 0.0156. The number of rotatable bonds is 4. The Morgan fingerprint density at radius 1 is 0.338 bits per heavy atom. The van der Waals surface area contributed by atoms with E-state index < -0.39 is 5.41 Å². The van der Waals surface area contributed by atoms with Crippen LogP contribution in [0, 0.1) is 0 Å². The third-order valence-corrected chi connectivity index (χ3v) is 16.4. The van der Waals surface area contributed by atoms with E-state index in [1.807, 2.05) is 36.5 Å². The Morgan fingerprint density at radius 2 is 0.859 bits per heavy atom. The van der Waals surface area contributed by atoms with Crippen LogP contribution in [-0.4, -0.2) is 28.7 Å². The topological polar surface area (TPSA) is 53.5 Å². The molecule has 0 saturated carbocycles. The van der Waals surface area contributed by atoms with E-state index in [2.05, 4.69) is 220 Å². The lowest BCUT2D eigenvalue weighted by Gasteiger charge is -2.39. The lowest BCUT2D eigenvalue weighted by molar-refractivity contribution is 0.719. The van der Waals surface area contributed by atoms with Crippen LogP contribution in [0.1, 0.15) is 22.3 Å². The number of pyridine rings is 3. The summed E-state index contributed by atoms with van der Waals surface area (Å²) in [5.41, 5.74) is 18.3. The second-order valence-corrected chi connectivity index (χ2v) is 19.8. The molecule has 1 unspecified atom stereocenters. The van der Waals surface area contributed by atoms with Crippen molar-refractivity contribution in [1.82, 2.24) is 28.7 Å². The summed E-state index contributed by atoms with van der Waals surface area (Å²) in [6.45, 7) is 0. The van der Waals surface area contributed by atoms with Gasteiger partial charge in [0, 0.05) is 60.1 Å². The Bertz CT molecular complexity index is 4490. The van der Waals surface area contributed by atoms with Gasteiger partial charge in [-0.1, -0.05) is 139 Å². The zero-order valence-corrected chi connectivity index (χ0v) is 38.8. The van der Waals surface area contributed by atoms with Crippen molar-refractivity contribution in [2.75, 3.05) is 0 Å². The van der Waals surface area contributed by atoms with Crippen LogP contribution in [0.5, 0.6) is 0 Å². The Morgan fingerprint density at radius 3 is 1.55 bits per heavy atom. The first-order chi connectivity index (χ1) is 35.2. The van der Waals surface area contributed by atoms with Crippen molar-refractivity contribution in [1.29, 1.82) is 0 Å². The lowest BCUT2D eigenvalue weighted by atomic mass is 9.67. The molecule has 71 heavy (non-hydrogen) atoms. The molecule has 1 aliphatic heterocycles. The highest BCUT2D eigenvalue weighted by Gasteiger charge is 2.52. The van der Waals surface area contributed by atoms with Gasteiger partial charge in [0.1, 0.15) is 0 Å². The van der Waals surface area contributed by atoms with Gasteiger partial charge in [-0.25, -0.2) is 0 Å². The third-order valence-electron chi connectivity index (χ3n) is 15.3. The van der Waals surface area contributed by atoms with Gasteiger partial charge in [-0.2, -0.15) is 0 Å². The second-order valence-electron chi connectivity index (χ2n) is 18.7. The Kier molecular flexibility index (Phi) is 7.94. The van der Waals surface area contributed by atoms with Crippen molar-refractivity contribution in [2.24, 2.45) is 0 Å². The normalized spacial score (nSPS) is 14.8. The van der Waals surface area contributed by atoms with Crippen molar-refractivity contribution < 1.29 is 0 Å². The molecular formula is C64H38N6S. The molecule has 7 heterocycles. The van der Waals surface area contributed by atoms with Gasteiger partial charge < -0.3 is 13.7 Å². The van der Waals surface area contributed by atoms with E-state index in [9.17, 15) is 0 Å². The molecule has 2 aliphatic rings. The summed E-state index contributed by atoms with van der Waals surface area (Å²) in [4.78, 5) is 17.8. The molecule has 8 aromatic carbocycles. The zero-order valence-electron chi connectivity index (χ0n) is 38.0. The lowest BCUT2D eigenvalue weighted by Crippen LogP contribution is -2.32. The van der Waals surface area contributed by atoms with Crippen molar-refractivity contribution in [3.63, 3.8) is 0 Å². The summed E-state index contributed by atoms with van der Waals surface area (Å²) in [5.74, 6) is 0. The summed E-state index contributed by atoms with van der Waals surface area (Å²) >= 11 is 1.85. The number of hydrogen-bond donors (Lipinski definition) is 0. The predicted octanol–water partition coefficient (Wildman–Crippen LogP) is 15.7. The summed E-state index contributed by atoms with van der Waals surface area (Å²) in [7, 11) is 0. The van der Waals surface area contributed by atoms with Gasteiger partial charge in [0.2, 0.25) is 0 Å². The second kappa shape index (κ2) is 14.5. The van der Waals surface area contributed by atoms with Crippen LogP contribution < -0.4 is 0 Å². The van der Waals surface area contributed by atoms with E-state index in [0.29, 0.717) is 0 Å². The molecule has 0 N–H and O–H groups in total. The number of para-hydroxylation sites is 5. The smallest absolute Gasteiger partial charge is 0.0939 e. The highest BCUT2D eigenvalue weighted by atomic mass is 32.2. The van der Waals surface area contributed by atoms with Crippen LogP contribution >= 0.6 is 11.8 Å². The molecule has 16 rings (SSSR count). The van der Waals surface area contributed by atoms with E-state index in [1.165, 1.54) is 53.2 Å². The van der Waals surface area contributed by atoms with Crippen molar-refractivity contribution >= 4 is 77.2 Å². The SMILES string of the molecule is c1ccc2c(c1)Sc1ccc(-c3ccc4c(c3)c3ccccc3n4-c3cnccc3-n3c4ccccc4c4ccccc43)cc1C21c2cccnc2-c2ncc(-n3c4ccccc4c4ccccc43)cc21. The maximum absolute atomic E-state index is 5.39. The fourth-order valence-electron chi connectivity index (χ4n) is 12.4. The first-order valence-electron chi connectivity index (χ1n) is 24.1. The van der Waals surface area contributed by atoms with Crippen LogP contribution in [0.2, 0.25) is 0 Å². The minimum atomic E-state index is -0.683. The summed E-state index contributed by atoms with van der Waals surface area (Å²) < 4.78 is 7.18. The molecule has 14 aromatic rings. The van der Waals surface area contributed by atoms with E-state index in [1.54, 1.807) is 0 Å². The van der Waals surface area contributed by atoms with E-state index in [-0.39, 0.29) is 0 Å². The molecule has 0 bridgehead atoms. The summed E-state index contributed by atoms with van der Waals surface area (Å²) in [6.07, 6.45) is 7.88. The van der Waals surface area contributed by atoms with Gasteiger partial charge in [-0.3, -0.25) is 15.0 Å². The minimum Gasteiger partial charge on any atom is -0.308 e. The summed E-state index contributed by atoms with van der Waals surface area (Å²) in [5, 5.41) is 7.28. The number of nitrogens with zero attached hydrogens (tertiary/aromatic N) is 6. The quantitative estimate of drug-likeness (QED) is 0.176. The van der Waals surface area contributed by atoms with Crippen LogP contribution in [0.25, 0.3) is 105 Å². The van der Waals surface area contributed by atoms with Gasteiger partial charge in [-0.05, 0) is 107 Å². The largest absolute Gasteiger partial charge is 0.308 e. The molecule has 6 aromatic heterocycles. The number of hydrogen-bond acceptors (Lipinski definition) is 4. The molecule has 0 saturated heterocycles. The van der Waals surface area contributed by atoms with Gasteiger partial charge in [0.15, 0.2) is 0 Å². The summed E-state index contributed by atoms with van der Waals surface area (Å²) in [6, 6.07) is 75.5. The van der Waals surface area contributed by atoms with Gasteiger partial charge in [-0.15, -0.1) is 0 Å². The Hall–Kier alpha value is -9.04. The maximum Gasteiger partial charge on any atom is 0.0939 e. The fourth-order valence-corrected chi connectivity index (χ4v) is 13.6. The Labute approximate surface area is 411 Å². The molecule has 0 radical (unpaired) electrons. The molecule has 330 valence electrons. The predicted molar refractivity (Wildman–Crippen MR) is 290 cm³/mol. The van der Waals surface area contributed by atoms with Crippen LogP contribution in [0.15, 0.2) is 241 Å². The van der Waals surface area contributed by atoms with Gasteiger partial charge >= 0.3 is 0 Å². The highest BCUT2D eigenvalue weighted by molar-refractivity contribution is 7.99. The molecule has 1 atom stereocenters. The zero-order chi connectivity index (χ0) is 46.4. The van der Waals surface area contributed by atoms with Crippen LogP contribution in [0.4, 0.5) is 0 Å². The van der Waals surface area contributed by atoms with Crippen molar-refractivity contribution in [3.05, 3.63) is 253 Å². The van der Waals surface area contributed by atoms with Crippen molar-refractivity contribution in [3.8, 4) is 39.6 Å². The van der Waals surface area contributed by atoms with E-state index >= 15 is 0 Å². The first-order valence-corrected chi connectivity index (χ1v) is 24.9. The number of aromatic nitrogens is 6. The average molecular weight is 923 g/mol. The Balaban J connectivity index is 0.914. The molecule has 0 fully saturated rings. The molecule has 7 heteroatoms. The first kappa shape index (κ1) is 38.9. The van der Waals surface area contributed by atoms with Crippen LogP contribution in [0.3, 0.4) is 0 Å². The minimum absolute atomic E-state index is 0.683. The van der Waals surface area contributed by atoms with Gasteiger partial charge in [0.05, 0.1) is 79.4 Å². The van der Waals surface area contributed by atoms with E-state index in [0.717, 1.165) is 83.8 Å². The third kappa shape index (κ3) is 5.20.